The van der Waals surface area contributed by atoms with Crippen molar-refractivity contribution in [3.8, 4) is 0 Å². The van der Waals surface area contributed by atoms with E-state index in [0.29, 0.717) is 5.92 Å². The number of hydrogen-bond acceptors (Lipinski definition) is 3. The van der Waals surface area contributed by atoms with Crippen molar-refractivity contribution in [2.24, 2.45) is 11.8 Å². The molecule has 2 atom stereocenters. The molecule has 3 nitrogen and oxygen atoms in total. The summed E-state index contributed by atoms with van der Waals surface area (Å²) in [7, 11) is 0. The summed E-state index contributed by atoms with van der Waals surface area (Å²) in [5.41, 5.74) is 0. The van der Waals surface area contributed by atoms with Gasteiger partial charge in [0.1, 0.15) is 0 Å². The first-order chi connectivity index (χ1) is 5.88. The van der Waals surface area contributed by atoms with Crippen LogP contribution in [0.2, 0.25) is 0 Å². The van der Waals surface area contributed by atoms with Gasteiger partial charge in [-0.25, -0.2) is 0 Å². The maximum absolute atomic E-state index is 9.66. The summed E-state index contributed by atoms with van der Waals surface area (Å²) < 4.78 is 0. The smallest absolute Gasteiger partial charge is 0.0707 e. The number of aliphatic hydroxyl groups is 1. The van der Waals surface area contributed by atoms with Crippen molar-refractivity contribution >= 4 is 0 Å². The lowest BCUT2D eigenvalue weighted by Gasteiger charge is -2.29. The Labute approximate surface area is 73.5 Å². The van der Waals surface area contributed by atoms with E-state index in [0.717, 1.165) is 32.1 Å². The Kier molecular flexibility index (Phi) is 2.63. The summed E-state index contributed by atoms with van der Waals surface area (Å²) in [6.07, 6.45) is 2.39. The molecule has 3 heteroatoms. The lowest BCUT2D eigenvalue weighted by Crippen LogP contribution is -2.35. The molecular weight excluding hydrogens is 152 g/mol. The molecule has 0 aliphatic carbocycles. The van der Waals surface area contributed by atoms with Crippen molar-refractivity contribution in [1.29, 1.82) is 0 Å². The van der Waals surface area contributed by atoms with E-state index in [4.69, 9.17) is 0 Å². The van der Waals surface area contributed by atoms with Crippen molar-refractivity contribution in [3.63, 3.8) is 0 Å². The van der Waals surface area contributed by atoms with Crippen LogP contribution >= 0.6 is 0 Å². The van der Waals surface area contributed by atoms with E-state index in [9.17, 15) is 5.11 Å². The second-order valence-electron chi connectivity index (χ2n) is 3.98. The summed E-state index contributed by atoms with van der Waals surface area (Å²) >= 11 is 0. The highest BCUT2D eigenvalue weighted by Gasteiger charge is 2.32. The topological polar surface area (TPSA) is 44.3 Å². The molecule has 3 N–H and O–H groups in total. The van der Waals surface area contributed by atoms with E-state index in [2.05, 4.69) is 10.6 Å². The zero-order chi connectivity index (χ0) is 8.39. The van der Waals surface area contributed by atoms with E-state index in [-0.39, 0.29) is 6.10 Å². The molecule has 0 amide bonds. The van der Waals surface area contributed by atoms with Gasteiger partial charge in [0.05, 0.1) is 6.10 Å². The Morgan fingerprint density at radius 1 is 1.00 bits per heavy atom. The highest BCUT2D eigenvalue weighted by molar-refractivity contribution is 4.87. The van der Waals surface area contributed by atoms with Crippen LogP contribution in [-0.2, 0) is 0 Å². The average molecular weight is 170 g/mol. The SMILES string of the molecule is OC1CNCC1C1CCNCC1. The van der Waals surface area contributed by atoms with Crippen molar-refractivity contribution in [3.05, 3.63) is 0 Å². The highest BCUT2D eigenvalue weighted by atomic mass is 16.3. The van der Waals surface area contributed by atoms with Gasteiger partial charge in [-0.1, -0.05) is 0 Å². The van der Waals surface area contributed by atoms with E-state index in [1.54, 1.807) is 0 Å². The molecule has 0 aromatic carbocycles. The summed E-state index contributed by atoms with van der Waals surface area (Å²) in [5, 5.41) is 16.3. The third-order valence-electron chi connectivity index (χ3n) is 3.22. The third-order valence-corrected chi connectivity index (χ3v) is 3.22. The zero-order valence-corrected chi connectivity index (χ0v) is 7.42. The van der Waals surface area contributed by atoms with Gasteiger partial charge in [-0.2, -0.15) is 0 Å². The monoisotopic (exact) mass is 170 g/mol. The lowest BCUT2D eigenvalue weighted by molar-refractivity contribution is 0.100. The van der Waals surface area contributed by atoms with Crippen LogP contribution in [0.3, 0.4) is 0 Å². The molecule has 2 aliphatic heterocycles. The van der Waals surface area contributed by atoms with Crippen LogP contribution in [0.15, 0.2) is 0 Å². The fourth-order valence-electron chi connectivity index (χ4n) is 2.44. The lowest BCUT2D eigenvalue weighted by atomic mass is 9.83. The zero-order valence-electron chi connectivity index (χ0n) is 7.42. The van der Waals surface area contributed by atoms with Crippen molar-refractivity contribution < 1.29 is 5.11 Å². The maximum atomic E-state index is 9.66. The molecule has 2 heterocycles. The van der Waals surface area contributed by atoms with Gasteiger partial charge in [-0.05, 0) is 31.8 Å². The van der Waals surface area contributed by atoms with Gasteiger partial charge >= 0.3 is 0 Å². The second-order valence-corrected chi connectivity index (χ2v) is 3.98. The summed E-state index contributed by atoms with van der Waals surface area (Å²) in [4.78, 5) is 0. The standard InChI is InChI=1S/C9H18N2O/c12-9-6-11-5-8(9)7-1-3-10-4-2-7/h7-12H,1-6H2. The minimum Gasteiger partial charge on any atom is -0.391 e. The van der Waals surface area contributed by atoms with Crippen molar-refractivity contribution in [2.75, 3.05) is 26.2 Å². The number of piperidine rings is 1. The van der Waals surface area contributed by atoms with Gasteiger partial charge in [-0.15, -0.1) is 0 Å². The molecule has 2 rings (SSSR count). The molecule has 2 fully saturated rings. The largest absolute Gasteiger partial charge is 0.391 e. The summed E-state index contributed by atoms with van der Waals surface area (Å²) in [6.45, 7) is 4.09. The molecule has 0 saturated carbocycles. The molecule has 2 aliphatic rings. The fraction of sp³-hybridized carbons (Fsp3) is 1.00. The molecule has 0 aromatic heterocycles. The predicted molar refractivity (Wildman–Crippen MR) is 48.0 cm³/mol. The van der Waals surface area contributed by atoms with E-state index >= 15 is 0 Å². The minimum atomic E-state index is -0.0897. The van der Waals surface area contributed by atoms with Gasteiger partial charge in [0, 0.05) is 19.0 Å². The van der Waals surface area contributed by atoms with Crippen LogP contribution in [0.1, 0.15) is 12.8 Å². The maximum Gasteiger partial charge on any atom is 0.0707 e. The molecule has 12 heavy (non-hydrogen) atoms. The Bertz CT molecular complexity index is 145. The van der Waals surface area contributed by atoms with Crippen LogP contribution < -0.4 is 10.6 Å². The molecule has 70 valence electrons. The summed E-state index contributed by atoms with van der Waals surface area (Å²) in [5.74, 6) is 1.27. The van der Waals surface area contributed by atoms with Crippen LogP contribution in [-0.4, -0.2) is 37.4 Å². The molecule has 0 bridgehead atoms. The number of β-amino-alcohol motifs (C(OH)–C–C–N with tert-alkyl or cyclic N) is 1. The molecule has 0 radical (unpaired) electrons. The Hall–Kier alpha value is -0.120. The van der Waals surface area contributed by atoms with Gasteiger partial charge in [0.15, 0.2) is 0 Å². The van der Waals surface area contributed by atoms with E-state index in [1.165, 1.54) is 12.8 Å². The molecule has 0 aromatic rings. The normalized spacial score (nSPS) is 38.8. The highest BCUT2D eigenvalue weighted by Crippen LogP contribution is 2.26. The molecular formula is C9H18N2O. The first-order valence-corrected chi connectivity index (χ1v) is 4.97. The van der Waals surface area contributed by atoms with Crippen molar-refractivity contribution in [1.82, 2.24) is 10.6 Å². The van der Waals surface area contributed by atoms with Gasteiger partial charge < -0.3 is 15.7 Å². The summed E-state index contributed by atoms with van der Waals surface area (Å²) in [6, 6.07) is 0. The van der Waals surface area contributed by atoms with Gasteiger partial charge in [-0.3, -0.25) is 0 Å². The Morgan fingerprint density at radius 3 is 2.33 bits per heavy atom. The average Bonchev–Trinajstić information content (AvgIpc) is 2.53. The predicted octanol–water partition coefficient (Wildman–Crippen LogP) is -0.434. The first kappa shape index (κ1) is 8.48. The number of rotatable bonds is 1. The number of nitrogens with one attached hydrogen (secondary N) is 2. The minimum absolute atomic E-state index is 0.0897. The first-order valence-electron chi connectivity index (χ1n) is 4.97. The molecule has 0 spiro atoms. The van der Waals surface area contributed by atoms with E-state index < -0.39 is 0 Å². The molecule has 2 saturated heterocycles. The van der Waals surface area contributed by atoms with Crippen LogP contribution in [0.4, 0.5) is 0 Å². The Morgan fingerprint density at radius 2 is 1.75 bits per heavy atom. The number of aliphatic hydroxyl groups excluding tert-OH is 1. The Balaban J connectivity index is 1.89. The number of hydrogen-bond donors (Lipinski definition) is 3. The quantitative estimate of drug-likeness (QED) is 0.500. The van der Waals surface area contributed by atoms with Crippen molar-refractivity contribution in [2.45, 2.75) is 18.9 Å². The second kappa shape index (κ2) is 3.73. The van der Waals surface area contributed by atoms with Gasteiger partial charge in [0.25, 0.3) is 0 Å². The van der Waals surface area contributed by atoms with Crippen LogP contribution in [0.25, 0.3) is 0 Å². The molecule has 2 unspecified atom stereocenters. The van der Waals surface area contributed by atoms with Crippen LogP contribution in [0.5, 0.6) is 0 Å². The van der Waals surface area contributed by atoms with E-state index in [1.807, 2.05) is 0 Å². The van der Waals surface area contributed by atoms with Crippen LogP contribution in [0, 0.1) is 11.8 Å². The fourth-order valence-corrected chi connectivity index (χ4v) is 2.44. The van der Waals surface area contributed by atoms with Gasteiger partial charge in [0.2, 0.25) is 0 Å². The third kappa shape index (κ3) is 1.63.